The minimum atomic E-state index is 0.290. The normalized spacial score (nSPS) is 10.2. The van der Waals surface area contributed by atoms with Crippen LogP contribution in [0.1, 0.15) is 5.56 Å². The molecule has 88 valence electrons. The van der Waals surface area contributed by atoms with Gasteiger partial charge in [0.2, 0.25) is 0 Å². The van der Waals surface area contributed by atoms with Gasteiger partial charge in [0.05, 0.1) is 5.69 Å². The van der Waals surface area contributed by atoms with Gasteiger partial charge in [0.25, 0.3) is 0 Å². The number of benzene rings is 2. The Labute approximate surface area is 113 Å². The number of nitrogens with one attached hydrogen (secondary N) is 1. The van der Waals surface area contributed by atoms with Crippen LogP contribution in [-0.4, -0.2) is 5.11 Å². The number of aromatic hydroxyl groups is 1. The molecule has 0 saturated heterocycles. The smallest absolute Gasteiger partial charge is 0.120 e. The summed E-state index contributed by atoms with van der Waals surface area (Å²) in [5.41, 5.74) is 1.75. The van der Waals surface area contributed by atoms with E-state index in [2.05, 4.69) is 21.2 Å². The molecular formula is C13H11BrClNO. The fourth-order valence-electron chi connectivity index (χ4n) is 1.48. The Hall–Kier alpha value is -1.19. The Morgan fingerprint density at radius 1 is 1.18 bits per heavy atom. The van der Waals surface area contributed by atoms with E-state index in [4.69, 9.17) is 11.6 Å². The zero-order valence-corrected chi connectivity index (χ0v) is 11.3. The zero-order chi connectivity index (χ0) is 12.3. The molecule has 17 heavy (non-hydrogen) atoms. The first kappa shape index (κ1) is 12.3. The summed E-state index contributed by atoms with van der Waals surface area (Å²) in [6.45, 7) is 0.547. The number of phenols is 1. The minimum absolute atomic E-state index is 0.290. The van der Waals surface area contributed by atoms with Crippen LogP contribution in [0.2, 0.25) is 5.02 Å². The van der Waals surface area contributed by atoms with E-state index in [1.54, 1.807) is 12.1 Å². The molecule has 0 spiro atoms. The van der Waals surface area contributed by atoms with Gasteiger partial charge in [-0.05, 0) is 40.2 Å². The molecule has 2 nitrogen and oxygen atoms in total. The largest absolute Gasteiger partial charge is 0.508 e. The molecule has 2 aromatic carbocycles. The molecule has 0 heterocycles. The Kier molecular flexibility index (Phi) is 3.92. The lowest BCUT2D eigenvalue weighted by molar-refractivity contribution is 0.469. The van der Waals surface area contributed by atoms with Gasteiger partial charge in [-0.25, -0.2) is 0 Å². The number of hydrogen-bond acceptors (Lipinski definition) is 2. The van der Waals surface area contributed by atoms with Gasteiger partial charge < -0.3 is 10.4 Å². The van der Waals surface area contributed by atoms with Gasteiger partial charge in [0.1, 0.15) is 5.75 Å². The molecule has 2 rings (SSSR count). The van der Waals surface area contributed by atoms with Crippen LogP contribution >= 0.6 is 27.5 Å². The molecule has 4 heteroatoms. The molecule has 0 aliphatic heterocycles. The van der Waals surface area contributed by atoms with E-state index in [9.17, 15) is 5.11 Å². The Bertz CT molecular complexity index is 531. The predicted molar refractivity (Wildman–Crippen MR) is 74.6 cm³/mol. The van der Waals surface area contributed by atoms with E-state index in [-0.39, 0.29) is 5.75 Å². The molecule has 0 bridgehead atoms. The molecule has 0 fully saturated rings. The Morgan fingerprint density at radius 3 is 2.71 bits per heavy atom. The van der Waals surface area contributed by atoms with Crippen molar-refractivity contribution in [3.63, 3.8) is 0 Å². The van der Waals surface area contributed by atoms with Crippen LogP contribution in [0.4, 0.5) is 5.69 Å². The summed E-state index contributed by atoms with van der Waals surface area (Å²) in [6.07, 6.45) is 0. The van der Waals surface area contributed by atoms with Crippen molar-refractivity contribution in [2.75, 3.05) is 5.32 Å². The lowest BCUT2D eigenvalue weighted by Gasteiger charge is -2.10. The van der Waals surface area contributed by atoms with Crippen molar-refractivity contribution < 1.29 is 5.11 Å². The lowest BCUT2D eigenvalue weighted by Crippen LogP contribution is -2.00. The lowest BCUT2D eigenvalue weighted by atomic mass is 10.2. The molecule has 0 aliphatic carbocycles. The number of halogens is 2. The number of phenolic OH excluding ortho intramolecular Hbond substituents is 1. The molecule has 0 amide bonds. The second-order valence-corrected chi connectivity index (χ2v) is 4.90. The summed E-state index contributed by atoms with van der Waals surface area (Å²) in [7, 11) is 0. The van der Waals surface area contributed by atoms with Gasteiger partial charge in [-0.3, -0.25) is 0 Å². The van der Waals surface area contributed by atoms with Crippen LogP contribution in [0.25, 0.3) is 0 Å². The number of anilines is 1. The Balaban J connectivity index is 2.12. The highest BCUT2D eigenvalue weighted by Crippen LogP contribution is 2.27. The fraction of sp³-hybridized carbons (Fsp3) is 0.0769. The summed E-state index contributed by atoms with van der Waals surface area (Å²) in [5.74, 6) is 0.290. The van der Waals surface area contributed by atoms with Crippen LogP contribution in [0.3, 0.4) is 0 Å². The highest BCUT2D eigenvalue weighted by Gasteiger charge is 2.03. The van der Waals surface area contributed by atoms with E-state index in [1.165, 1.54) is 0 Å². The van der Waals surface area contributed by atoms with E-state index in [0.29, 0.717) is 11.6 Å². The molecule has 0 aromatic heterocycles. The third-order valence-corrected chi connectivity index (χ3v) is 3.32. The van der Waals surface area contributed by atoms with Crippen molar-refractivity contribution in [2.45, 2.75) is 6.54 Å². The second kappa shape index (κ2) is 5.43. The predicted octanol–water partition coefficient (Wildman–Crippen LogP) is 4.42. The highest BCUT2D eigenvalue weighted by atomic mass is 79.9. The summed E-state index contributed by atoms with van der Waals surface area (Å²) in [5, 5.41) is 13.5. The first-order valence-corrected chi connectivity index (χ1v) is 6.30. The van der Waals surface area contributed by atoms with Gasteiger partial charge >= 0.3 is 0 Å². The van der Waals surface area contributed by atoms with E-state index < -0.39 is 0 Å². The van der Waals surface area contributed by atoms with Crippen LogP contribution < -0.4 is 5.32 Å². The molecular weight excluding hydrogens is 302 g/mol. The fourth-order valence-corrected chi connectivity index (χ4v) is 2.04. The number of hydrogen-bond donors (Lipinski definition) is 2. The quantitative estimate of drug-likeness (QED) is 0.879. The minimum Gasteiger partial charge on any atom is -0.508 e. The number of para-hydroxylation sites is 1. The van der Waals surface area contributed by atoms with Crippen LogP contribution in [0.15, 0.2) is 46.9 Å². The molecule has 0 atom stereocenters. The summed E-state index contributed by atoms with van der Waals surface area (Å²) >= 11 is 9.36. The van der Waals surface area contributed by atoms with Crippen molar-refractivity contribution in [1.29, 1.82) is 0 Å². The monoisotopic (exact) mass is 311 g/mol. The third-order valence-electron chi connectivity index (χ3n) is 2.39. The zero-order valence-electron chi connectivity index (χ0n) is 8.95. The van der Waals surface area contributed by atoms with Gasteiger partial charge in [-0.15, -0.1) is 0 Å². The standard InChI is InChI=1S/C13H11BrClNO/c14-11-6-5-10(15)7-12(11)16-8-9-3-1-2-4-13(9)17/h1-7,16-17H,8H2. The maximum Gasteiger partial charge on any atom is 0.120 e. The van der Waals surface area contributed by atoms with Crippen LogP contribution in [0, 0.1) is 0 Å². The van der Waals surface area contributed by atoms with Crippen molar-refractivity contribution >= 4 is 33.2 Å². The van der Waals surface area contributed by atoms with Gasteiger partial charge in [-0.1, -0.05) is 29.8 Å². The van der Waals surface area contributed by atoms with Gasteiger partial charge in [0, 0.05) is 21.6 Å². The second-order valence-electron chi connectivity index (χ2n) is 3.61. The molecule has 0 radical (unpaired) electrons. The SMILES string of the molecule is Oc1ccccc1CNc1cc(Cl)ccc1Br. The average Bonchev–Trinajstić information content (AvgIpc) is 2.32. The Morgan fingerprint density at radius 2 is 1.94 bits per heavy atom. The summed E-state index contributed by atoms with van der Waals surface area (Å²) in [6, 6.07) is 12.8. The molecule has 2 N–H and O–H groups in total. The summed E-state index contributed by atoms with van der Waals surface area (Å²) in [4.78, 5) is 0. The maximum absolute atomic E-state index is 9.63. The van der Waals surface area contributed by atoms with E-state index in [0.717, 1.165) is 15.7 Å². The highest BCUT2D eigenvalue weighted by molar-refractivity contribution is 9.10. The summed E-state index contributed by atoms with van der Waals surface area (Å²) < 4.78 is 0.942. The van der Waals surface area contributed by atoms with Gasteiger partial charge in [-0.2, -0.15) is 0 Å². The van der Waals surface area contributed by atoms with E-state index >= 15 is 0 Å². The van der Waals surface area contributed by atoms with Gasteiger partial charge in [0.15, 0.2) is 0 Å². The van der Waals surface area contributed by atoms with Crippen molar-refractivity contribution in [1.82, 2.24) is 0 Å². The van der Waals surface area contributed by atoms with Crippen LogP contribution in [-0.2, 0) is 6.54 Å². The molecule has 0 saturated carbocycles. The van der Waals surface area contributed by atoms with Crippen molar-refractivity contribution in [3.8, 4) is 5.75 Å². The first-order valence-electron chi connectivity index (χ1n) is 5.12. The number of rotatable bonds is 3. The van der Waals surface area contributed by atoms with Crippen molar-refractivity contribution in [3.05, 3.63) is 57.5 Å². The van der Waals surface area contributed by atoms with Crippen LogP contribution in [0.5, 0.6) is 5.75 Å². The molecule has 0 unspecified atom stereocenters. The average molecular weight is 313 g/mol. The van der Waals surface area contributed by atoms with E-state index in [1.807, 2.05) is 30.3 Å². The topological polar surface area (TPSA) is 32.3 Å². The first-order chi connectivity index (χ1) is 8.16. The molecule has 2 aromatic rings. The third kappa shape index (κ3) is 3.14. The van der Waals surface area contributed by atoms with Crippen molar-refractivity contribution in [2.24, 2.45) is 0 Å². The molecule has 0 aliphatic rings. The maximum atomic E-state index is 9.63.